The zero-order chi connectivity index (χ0) is 18.6. The third kappa shape index (κ3) is 4.28. The standard InChI is InChI=1S/C17H21N3O5/c1-11-5-6-13(14(7-11)24-4)25-10-15(21)18-9-12-8-16(22)20(3)17(23)19(12)2/h5-8H,9-10H2,1-4H3,(H,18,21). The predicted molar refractivity (Wildman–Crippen MR) is 92.0 cm³/mol. The van der Waals surface area contributed by atoms with Gasteiger partial charge in [0.15, 0.2) is 18.1 Å². The fourth-order valence-electron chi connectivity index (χ4n) is 2.23. The number of ether oxygens (including phenoxy) is 2. The third-order valence-corrected chi connectivity index (χ3v) is 3.77. The summed E-state index contributed by atoms with van der Waals surface area (Å²) in [5.41, 5.74) is 0.556. The largest absolute Gasteiger partial charge is 0.493 e. The van der Waals surface area contributed by atoms with Crippen LogP contribution in [0.2, 0.25) is 0 Å². The Labute approximate surface area is 144 Å². The van der Waals surface area contributed by atoms with Gasteiger partial charge in [-0.25, -0.2) is 4.79 Å². The molecular formula is C17H21N3O5. The molecule has 8 nitrogen and oxygen atoms in total. The van der Waals surface area contributed by atoms with Crippen molar-refractivity contribution in [3.05, 3.63) is 56.4 Å². The molecule has 1 N–H and O–H groups in total. The molecule has 1 amide bonds. The Kier molecular flexibility index (Phi) is 5.63. The zero-order valence-corrected chi connectivity index (χ0v) is 14.7. The lowest BCUT2D eigenvalue weighted by molar-refractivity contribution is -0.123. The van der Waals surface area contributed by atoms with Crippen LogP contribution in [-0.4, -0.2) is 28.8 Å². The highest BCUT2D eigenvalue weighted by atomic mass is 16.5. The van der Waals surface area contributed by atoms with Gasteiger partial charge in [-0.1, -0.05) is 6.07 Å². The summed E-state index contributed by atoms with van der Waals surface area (Å²) in [5.74, 6) is 0.627. The third-order valence-electron chi connectivity index (χ3n) is 3.77. The van der Waals surface area contributed by atoms with Gasteiger partial charge >= 0.3 is 5.69 Å². The number of benzene rings is 1. The van der Waals surface area contributed by atoms with Gasteiger partial charge in [0.25, 0.3) is 11.5 Å². The van der Waals surface area contributed by atoms with Gasteiger partial charge in [0.1, 0.15) is 0 Å². The van der Waals surface area contributed by atoms with Crippen molar-refractivity contribution >= 4 is 5.91 Å². The van der Waals surface area contributed by atoms with Crippen LogP contribution in [0.5, 0.6) is 11.5 Å². The fourth-order valence-corrected chi connectivity index (χ4v) is 2.23. The molecule has 0 radical (unpaired) electrons. The number of carbonyl (C=O) groups excluding carboxylic acids is 1. The van der Waals surface area contributed by atoms with Gasteiger partial charge in [-0.2, -0.15) is 0 Å². The molecule has 0 aliphatic heterocycles. The van der Waals surface area contributed by atoms with Crippen molar-refractivity contribution in [1.82, 2.24) is 14.5 Å². The molecule has 2 aromatic rings. The number of amides is 1. The van der Waals surface area contributed by atoms with Crippen molar-refractivity contribution in [3.8, 4) is 11.5 Å². The van der Waals surface area contributed by atoms with E-state index < -0.39 is 11.2 Å². The van der Waals surface area contributed by atoms with E-state index in [2.05, 4.69) is 5.32 Å². The summed E-state index contributed by atoms with van der Waals surface area (Å²) in [4.78, 5) is 35.5. The van der Waals surface area contributed by atoms with Gasteiger partial charge in [0, 0.05) is 25.9 Å². The number of aryl methyl sites for hydroxylation is 1. The molecule has 0 spiro atoms. The molecular weight excluding hydrogens is 326 g/mol. The maximum atomic E-state index is 12.0. The van der Waals surface area contributed by atoms with Crippen LogP contribution in [0, 0.1) is 6.92 Å². The van der Waals surface area contributed by atoms with Crippen molar-refractivity contribution in [3.63, 3.8) is 0 Å². The highest BCUT2D eigenvalue weighted by Crippen LogP contribution is 2.27. The Balaban J connectivity index is 1.98. The average molecular weight is 347 g/mol. The van der Waals surface area contributed by atoms with Crippen molar-refractivity contribution in [2.45, 2.75) is 13.5 Å². The van der Waals surface area contributed by atoms with E-state index in [9.17, 15) is 14.4 Å². The first-order chi connectivity index (χ1) is 11.8. The molecule has 0 bridgehead atoms. The van der Waals surface area contributed by atoms with Crippen LogP contribution >= 0.6 is 0 Å². The summed E-state index contributed by atoms with van der Waals surface area (Å²) in [6.07, 6.45) is 0. The molecule has 0 fully saturated rings. The molecule has 134 valence electrons. The van der Waals surface area contributed by atoms with Gasteiger partial charge in [0.2, 0.25) is 0 Å². The van der Waals surface area contributed by atoms with Crippen LogP contribution in [-0.2, 0) is 25.4 Å². The number of aromatic nitrogens is 2. The maximum absolute atomic E-state index is 12.0. The summed E-state index contributed by atoms with van der Waals surface area (Å²) in [6, 6.07) is 6.70. The first-order valence-electron chi connectivity index (χ1n) is 7.63. The highest BCUT2D eigenvalue weighted by molar-refractivity contribution is 5.77. The van der Waals surface area contributed by atoms with Crippen LogP contribution in [0.15, 0.2) is 33.9 Å². The number of rotatable bonds is 6. The maximum Gasteiger partial charge on any atom is 0.330 e. The van der Waals surface area contributed by atoms with Crippen molar-refractivity contribution in [2.24, 2.45) is 14.1 Å². The lowest BCUT2D eigenvalue weighted by Crippen LogP contribution is -2.40. The monoisotopic (exact) mass is 347 g/mol. The van der Waals surface area contributed by atoms with Crippen molar-refractivity contribution < 1.29 is 14.3 Å². The lowest BCUT2D eigenvalue weighted by Gasteiger charge is -2.12. The highest BCUT2D eigenvalue weighted by Gasteiger charge is 2.10. The Bertz CT molecular complexity index is 898. The van der Waals surface area contributed by atoms with Gasteiger partial charge in [-0.05, 0) is 24.6 Å². The summed E-state index contributed by atoms with van der Waals surface area (Å²) in [5, 5.41) is 2.62. The Morgan fingerprint density at radius 1 is 1.12 bits per heavy atom. The normalized spacial score (nSPS) is 10.4. The molecule has 1 heterocycles. The van der Waals surface area contributed by atoms with E-state index in [-0.39, 0.29) is 19.1 Å². The summed E-state index contributed by atoms with van der Waals surface area (Å²) >= 11 is 0. The zero-order valence-electron chi connectivity index (χ0n) is 14.7. The van der Waals surface area contributed by atoms with E-state index in [1.54, 1.807) is 6.07 Å². The minimum Gasteiger partial charge on any atom is -0.493 e. The van der Waals surface area contributed by atoms with Crippen molar-refractivity contribution in [2.75, 3.05) is 13.7 Å². The number of methoxy groups -OCH3 is 1. The topological polar surface area (TPSA) is 91.6 Å². The van der Waals surface area contributed by atoms with Crippen molar-refractivity contribution in [1.29, 1.82) is 0 Å². The van der Waals surface area contributed by atoms with E-state index in [0.717, 1.165) is 10.1 Å². The van der Waals surface area contributed by atoms with Gasteiger partial charge < -0.3 is 14.8 Å². The number of nitrogens with one attached hydrogen (secondary N) is 1. The molecule has 8 heteroatoms. The summed E-state index contributed by atoms with van der Waals surface area (Å²) in [6.45, 7) is 1.76. The Morgan fingerprint density at radius 2 is 1.84 bits per heavy atom. The molecule has 0 unspecified atom stereocenters. The molecule has 2 rings (SSSR count). The molecule has 0 aliphatic rings. The average Bonchev–Trinajstić information content (AvgIpc) is 2.60. The molecule has 1 aromatic heterocycles. The number of carbonyl (C=O) groups is 1. The second-order valence-corrected chi connectivity index (χ2v) is 5.59. The Hall–Kier alpha value is -3.03. The smallest absolute Gasteiger partial charge is 0.330 e. The molecule has 1 aromatic carbocycles. The van der Waals surface area contributed by atoms with Crippen LogP contribution in [0.3, 0.4) is 0 Å². The van der Waals surface area contributed by atoms with Crippen LogP contribution in [0.1, 0.15) is 11.3 Å². The Morgan fingerprint density at radius 3 is 2.52 bits per heavy atom. The number of hydrogen-bond donors (Lipinski definition) is 1. The first kappa shape index (κ1) is 18.3. The minimum absolute atomic E-state index is 0.0506. The fraction of sp³-hybridized carbons (Fsp3) is 0.353. The first-order valence-corrected chi connectivity index (χ1v) is 7.63. The lowest BCUT2D eigenvalue weighted by atomic mass is 10.2. The second-order valence-electron chi connectivity index (χ2n) is 5.59. The van der Waals surface area contributed by atoms with E-state index in [4.69, 9.17) is 9.47 Å². The van der Waals surface area contributed by atoms with E-state index in [0.29, 0.717) is 17.2 Å². The second kappa shape index (κ2) is 7.69. The van der Waals surface area contributed by atoms with Gasteiger partial charge in [-0.15, -0.1) is 0 Å². The summed E-state index contributed by atoms with van der Waals surface area (Å²) in [7, 11) is 4.46. The van der Waals surface area contributed by atoms with E-state index >= 15 is 0 Å². The number of nitrogens with zero attached hydrogens (tertiary/aromatic N) is 2. The molecule has 25 heavy (non-hydrogen) atoms. The summed E-state index contributed by atoms with van der Waals surface area (Å²) < 4.78 is 13.0. The van der Waals surface area contributed by atoms with Gasteiger partial charge in [0.05, 0.1) is 13.7 Å². The van der Waals surface area contributed by atoms with Crippen LogP contribution in [0.25, 0.3) is 0 Å². The molecule has 0 aliphatic carbocycles. The number of hydrogen-bond acceptors (Lipinski definition) is 5. The van der Waals surface area contributed by atoms with E-state index in [1.165, 1.54) is 31.8 Å². The van der Waals surface area contributed by atoms with Crippen LogP contribution < -0.4 is 26.0 Å². The molecule has 0 atom stereocenters. The van der Waals surface area contributed by atoms with E-state index in [1.807, 2.05) is 19.1 Å². The minimum atomic E-state index is -0.447. The molecule has 0 saturated heterocycles. The predicted octanol–water partition coefficient (Wildman–Crippen LogP) is 0.0962. The SMILES string of the molecule is COc1cc(C)ccc1OCC(=O)NCc1cc(=O)n(C)c(=O)n1C. The van der Waals surface area contributed by atoms with Crippen LogP contribution in [0.4, 0.5) is 0 Å². The molecule has 0 saturated carbocycles. The quantitative estimate of drug-likeness (QED) is 0.800. The van der Waals surface area contributed by atoms with Gasteiger partial charge in [-0.3, -0.25) is 18.7 Å².